The highest BCUT2D eigenvalue weighted by Gasteiger charge is 2.51. The Labute approximate surface area is 101 Å². The molecule has 5 heteroatoms. The highest BCUT2D eigenvalue weighted by Crippen LogP contribution is 2.41. The predicted molar refractivity (Wildman–Crippen MR) is 62.6 cm³/mol. The molecule has 0 aromatic heterocycles. The van der Waals surface area contributed by atoms with Crippen LogP contribution in [0.4, 0.5) is 0 Å². The van der Waals surface area contributed by atoms with Crippen molar-refractivity contribution >= 4 is 11.9 Å². The molecule has 1 aliphatic carbocycles. The fraction of sp³-hybridized carbons (Fsp3) is 0.833. The zero-order valence-corrected chi connectivity index (χ0v) is 10.2. The number of nitrogens with zero attached hydrogens (tertiary/aromatic N) is 1. The van der Waals surface area contributed by atoms with Gasteiger partial charge in [0.05, 0.1) is 0 Å². The van der Waals surface area contributed by atoms with Gasteiger partial charge in [-0.1, -0.05) is 6.42 Å². The van der Waals surface area contributed by atoms with Crippen LogP contribution in [0.5, 0.6) is 0 Å². The maximum absolute atomic E-state index is 12.1. The molecule has 1 amide bonds. The zero-order valence-electron chi connectivity index (χ0n) is 10.2. The van der Waals surface area contributed by atoms with E-state index < -0.39 is 11.4 Å². The Bertz CT molecular complexity index is 326. The second kappa shape index (κ2) is 4.64. The van der Waals surface area contributed by atoms with Crippen LogP contribution in [-0.2, 0) is 9.59 Å². The van der Waals surface area contributed by atoms with E-state index in [1.807, 2.05) is 7.05 Å². The number of amides is 1. The van der Waals surface area contributed by atoms with Crippen molar-refractivity contribution in [2.24, 2.45) is 5.41 Å². The number of nitrogens with one attached hydrogen (secondary N) is 1. The first kappa shape index (κ1) is 12.4. The summed E-state index contributed by atoms with van der Waals surface area (Å²) in [6.07, 6.45) is 3.81. The van der Waals surface area contributed by atoms with Gasteiger partial charge < -0.3 is 15.3 Å². The second-order valence-corrected chi connectivity index (χ2v) is 5.32. The number of carbonyl (C=O) groups is 2. The minimum absolute atomic E-state index is 0.109. The van der Waals surface area contributed by atoms with E-state index in [1.165, 1.54) is 0 Å². The van der Waals surface area contributed by atoms with E-state index in [4.69, 9.17) is 5.11 Å². The first-order valence-electron chi connectivity index (χ1n) is 6.27. The van der Waals surface area contributed by atoms with E-state index in [2.05, 4.69) is 10.2 Å². The molecule has 1 aliphatic heterocycles. The maximum Gasteiger partial charge on any atom is 0.319 e. The summed E-state index contributed by atoms with van der Waals surface area (Å²) in [6.45, 7) is 1.87. The molecular formula is C12H20N2O3. The zero-order chi connectivity index (χ0) is 12.5. The Balaban J connectivity index is 1.94. The molecule has 2 fully saturated rings. The largest absolute Gasteiger partial charge is 0.480 e. The number of carboxylic acid groups (broad SMARTS) is 1. The molecular weight excluding hydrogens is 220 g/mol. The van der Waals surface area contributed by atoms with Gasteiger partial charge in [-0.15, -0.1) is 0 Å². The van der Waals surface area contributed by atoms with Gasteiger partial charge in [0, 0.05) is 12.6 Å². The third-order valence-electron chi connectivity index (χ3n) is 4.01. The monoisotopic (exact) mass is 240 g/mol. The van der Waals surface area contributed by atoms with Crippen molar-refractivity contribution in [3.63, 3.8) is 0 Å². The molecule has 0 aromatic rings. The van der Waals surface area contributed by atoms with Gasteiger partial charge in [0.15, 0.2) is 0 Å². The highest BCUT2D eigenvalue weighted by atomic mass is 16.4. The van der Waals surface area contributed by atoms with Crippen molar-refractivity contribution < 1.29 is 14.7 Å². The van der Waals surface area contributed by atoms with Crippen molar-refractivity contribution in [1.29, 1.82) is 0 Å². The number of carbonyl (C=O) groups excluding carboxylic acids is 1. The first-order chi connectivity index (χ1) is 8.04. The minimum atomic E-state index is -1.13. The van der Waals surface area contributed by atoms with Gasteiger partial charge in [0.25, 0.3) is 0 Å². The third-order valence-corrected chi connectivity index (χ3v) is 4.01. The van der Waals surface area contributed by atoms with E-state index in [9.17, 15) is 9.59 Å². The van der Waals surface area contributed by atoms with Gasteiger partial charge in [-0.2, -0.15) is 0 Å². The molecule has 0 aromatic carbocycles. The summed E-state index contributed by atoms with van der Waals surface area (Å²) in [4.78, 5) is 25.4. The summed E-state index contributed by atoms with van der Waals surface area (Å²) < 4.78 is 0. The van der Waals surface area contributed by atoms with Crippen LogP contribution in [0.3, 0.4) is 0 Å². The molecule has 2 N–H and O–H groups in total. The van der Waals surface area contributed by atoms with Crippen LogP contribution in [0.1, 0.15) is 32.1 Å². The summed E-state index contributed by atoms with van der Waals surface area (Å²) in [5.74, 6) is -1.25. The van der Waals surface area contributed by atoms with Crippen molar-refractivity contribution in [2.45, 2.75) is 38.1 Å². The van der Waals surface area contributed by atoms with Gasteiger partial charge in [-0.25, -0.2) is 0 Å². The lowest BCUT2D eigenvalue weighted by atomic mass is 9.68. The molecule has 1 unspecified atom stereocenters. The number of aliphatic carboxylic acids is 1. The standard InChI is InChI=1S/C12H20N2O3/c1-14-7-2-4-9(8-14)13-10(15)12(11(16)17)5-3-6-12/h9H,2-8H2,1H3,(H,13,15)(H,16,17). The average Bonchev–Trinajstić information content (AvgIpc) is 2.14. The third kappa shape index (κ3) is 2.29. The Morgan fingerprint density at radius 2 is 2.06 bits per heavy atom. The van der Waals surface area contributed by atoms with E-state index in [0.717, 1.165) is 32.4 Å². The van der Waals surface area contributed by atoms with E-state index >= 15 is 0 Å². The molecule has 1 atom stereocenters. The van der Waals surface area contributed by atoms with Crippen molar-refractivity contribution in [2.75, 3.05) is 20.1 Å². The Hall–Kier alpha value is -1.10. The smallest absolute Gasteiger partial charge is 0.319 e. The van der Waals surface area contributed by atoms with Crippen molar-refractivity contribution in [3.8, 4) is 0 Å². The number of carboxylic acids is 1. The van der Waals surface area contributed by atoms with E-state index in [1.54, 1.807) is 0 Å². The molecule has 1 heterocycles. The quantitative estimate of drug-likeness (QED) is 0.703. The van der Waals surface area contributed by atoms with Crippen molar-refractivity contribution in [3.05, 3.63) is 0 Å². The molecule has 0 radical (unpaired) electrons. The summed E-state index contributed by atoms with van der Waals surface area (Å²) in [5.41, 5.74) is -1.13. The van der Waals surface area contributed by atoms with Crippen molar-refractivity contribution in [1.82, 2.24) is 10.2 Å². The van der Waals surface area contributed by atoms with Gasteiger partial charge in [0.1, 0.15) is 5.41 Å². The molecule has 2 rings (SSSR count). The fourth-order valence-electron chi connectivity index (χ4n) is 2.68. The van der Waals surface area contributed by atoms with Gasteiger partial charge >= 0.3 is 5.97 Å². The number of piperidine rings is 1. The number of rotatable bonds is 3. The summed E-state index contributed by atoms with van der Waals surface area (Å²) in [7, 11) is 2.02. The van der Waals surface area contributed by atoms with Crippen LogP contribution in [0.25, 0.3) is 0 Å². The molecule has 5 nitrogen and oxygen atoms in total. The number of likely N-dealkylation sites (N-methyl/N-ethyl adjacent to an activating group) is 1. The molecule has 1 saturated heterocycles. The molecule has 0 spiro atoms. The average molecular weight is 240 g/mol. The van der Waals surface area contributed by atoms with Crippen LogP contribution < -0.4 is 5.32 Å². The molecule has 0 bridgehead atoms. The van der Waals surface area contributed by atoms with E-state index in [-0.39, 0.29) is 11.9 Å². The minimum Gasteiger partial charge on any atom is -0.480 e. The SMILES string of the molecule is CN1CCCC(NC(=O)C2(C(=O)O)CCC2)C1. The van der Waals surface area contributed by atoms with Gasteiger partial charge in [-0.3, -0.25) is 9.59 Å². The Kier molecular flexibility index (Phi) is 3.38. The van der Waals surface area contributed by atoms with Crippen LogP contribution in [-0.4, -0.2) is 48.1 Å². The summed E-state index contributed by atoms with van der Waals surface area (Å²) in [5, 5.41) is 12.1. The summed E-state index contributed by atoms with van der Waals surface area (Å²) in [6, 6.07) is 0.109. The fourth-order valence-corrected chi connectivity index (χ4v) is 2.68. The predicted octanol–water partition coefficient (Wildman–Crippen LogP) is 0.452. The molecule has 17 heavy (non-hydrogen) atoms. The van der Waals surface area contributed by atoms with E-state index in [0.29, 0.717) is 12.8 Å². The molecule has 96 valence electrons. The lowest BCUT2D eigenvalue weighted by Gasteiger charge is -2.38. The van der Waals surface area contributed by atoms with Crippen LogP contribution in [0.2, 0.25) is 0 Å². The highest BCUT2D eigenvalue weighted by molar-refractivity contribution is 6.02. The number of hydrogen-bond acceptors (Lipinski definition) is 3. The lowest BCUT2D eigenvalue weighted by Crippen LogP contribution is -2.56. The maximum atomic E-state index is 12.1. The topological polar surface area (TPSA) is 69.6 Å². The first-order valence-corrected chi connectivity index (χ1v) is 6.27. The number of hydrogen-bond donors (Lipinski definition) is 2. The van der Waals surface area contributed by atoms with Gasteiger partial charge in [-0.05, 0) is 39.3 Å². The molecule has 2 aliphatic rings. The normalized spacial score (nSPS) is 28.2. The molecule has 1 saturated carbocycles. The second-order valence-electron chi connectivity index (χ2n) is 5.32. The number of likely N-dealkylation sites (tertiary alicyclic amines) is 1. The van der Waals surface area contributed by atoms with Crippen LogP contribution in [0.15, 0.2) is 0 Å². The van der Waals surface area contributed by atoms with Crippen LogP contribution >= 0.6 is 0 Å². The summed E-state index contributed by atoms with van der Waals surface area (Å²) >= 11 is 0. The van der Waals surface area contributed by atoms with Crippen LogP contribution in [0, 0.1) is 5.41 Å². The van der Waals surface area contributed by atoms with Gasteiger partial charge in [0.2, 0.25) is 5.91 Å². The Morgan fingerprint density at radius 1 is 1.35 bits per heavy atom. The lowest BCUT2D eigenvalue weighted by molar-refractivity contribution is -0.162. The Morgan fingerprint density at radius 3 is 2.53 bits per heavy atom.